The van der Waals surface area contributed by atoms with E-state index in [9.17, 15) is 9.59 Å². The number of nitrogens with one attached hydrogen (secondary N) is 1. The highest BCUT2D eigenvalue weighted by molar-refractivity contribution is 8.14. The van der Waals surface area contributed by atoms with Crippen LogP contribution in [0.5, 0.6) is 0 Å². The number of halogens is 1. The van der Waals surface area contributed by atoms with Crippen molar-refractivity contribution < 1.29 is 9.59 Å². The molecule has 1 fully saturated rings. The van der Waals surface area contributed by atoms with Crippen molar-refractivity contribution in [3.63, 3.8) is 0 Å². The largest absolute Gasteiger partial charge is 0.324 e. The van der Waals surface area contributed by atoms with Crippen molar-refractivity contribution in [1.29, 1.82) is 0 Å². The Balaban J connectivity index is 0.000000253. The van der Waals surface area contributed by atoms with Crippen molar-refractivity contribution in [1.82, 2.24) is 10.2 Å². The van der Waals surface area contributed by atoms with E-state index < -0.39 is 0 Å². The maximum absolute atomic E-state index is 11.5. The first-order valence-corrected chi connectivity index (χ1v) is 13.5. The molecule has 0 radical (unpaired) electrons. The second kappa shape index (κ2) is 15.0. The Bertz CT molecular complexity index is 1040. The highest BCUT2D eigenvalue weighted by Gasteiger charge is 2.24. The van der Waals surface area contributed by atoms with Gasteiger partial charge in [0.15, 0.2) is 5.17 Å². The number of anilines is 1. The predicted octanol–water partition coefficient (Wildman–Crippen LogP) is 5.18. The van der Waals surface area contributed by atoms with Crippen molar-refractivity contribution >= 4 is 46.8 Å². The van der Waals surface area contributed by atoms with Crippen LogP contribution in [0.2, 0.25) is 5.02 Å². The molecule has 1 saturated carbocycles. The van der Waals surface area contributed by atoms with Gasteiger partial charge in [0.2, 0.25) is 0 Å². The number of carbonyl (C=O) groups is 2. The second-order valence-electron chi connectivity index (χ2n) is 8.96. The number of aliphatic imine (C=N–C) groups is 1. The van der Waals surface area contributed by atoms with Gasteiger partial charge in [0.05, 0.1) is 12.2 Å². The first-order valence-electron chi connectivity index (χ1n) is 12.3. The lowest BCUT2D eigenvalue weighted by Gasteiger charge is -2.30. The number of rotatable bonds is 8. The van der Waals surface area contributed by atoms with Crippen LogP contribution in [0, 0.1) is 0 Å². The second-order valence-corrected chi connectivity index (χ2v) is 10.7. The minimum absolute atomic E-state index is 0.391. The van der Waals surface area contributed by atoms with Gasteiger partial charge < -0.3 is 19.9 Å². The molecule has 1 heterocycles. The number of nitrogens with zero attached hydrogens (tertiary/aromatic N) is 3. The Kier molecular flexibility index (Phi) is 11.7. The molecule has 0 spiro atoms. The van der Waals surface area contributed by atoms with Crippen LogP contribution >= 0.6 is 23.4 Å². The number of para-hydroxylation sites is 1. The van der Waals surface area contributed by atoms with Gasteiger partial charge in [0.25, 0.3) is 0 Å². The Labute approximate surface area is 223 Å². The highest BCUT2D eigenvalue weighted by atomic mass is 35.5. The Morgan fingerprint density at radius 1 is 1.17 bits per heavy atom. The number of thioether (sulfide) groups is 1. The van der Waals surface area contributed by atoms with Gasteiger partial charge in [-0.2, -0.15) is 0 Å². The molecular weight excluding hydrogens is 492 g/mol. The lowest BCUT2D eigenvalue weighted by Crippen LogP contribution is -2.31. The standard InChI is InChI=1S/C19H25N3OS.C9H10ClNO/c1-21-12-11-18(15(13-21)14-23)20-19(24-17-9-6-10-17)22(2)16-7-4-3-5-8-16;10-9-3-1-8(2-4-9)7-11-5-6-12/h3-5,7-8,14,17H,6,9-13H2,1-2H3;1-4,6,11H,5,7H2. The van der Waals surface area contributed by atoms with Crippen LogP contribution < -0.4 is 10.2 Å². The van der Waals surface area contributed by atoms with Crippen molar-refractivity contribution in [2.75, 3.05) is 38.6 Å². The zero-order chi connectivity index (χ0) is 25.8. The van der Waals surface area contributed by atoms with Crippen molar-refractivity contribution in [3.05, 3.63) is 76.5 Å². The molecule has 8 heteroatoms. The molecule has 1 aliphatic carbocycles. The smallest absolute Gasteiger partial charge is 0.168 e. The number of benzene rings is 2. The molecule has 0 atom stereocenters. The van der Waals surface area contributed by atoms with E-state index in [1.165, 1.54) is 19.3 Å². The Hall–Kier alpha value is -2.45. The topological polar surface area (TPSA) is 65.0 Å². The number of aldehydes is 2. The number of likely N-dealkylation sites (N-methyl/N-ethyl adjacent to an activating group) is 1. The normalized spacial score (nSPS) is 16.6. The lowest BCUT2D eigenvalue weighted by molar-refractivity contribution is -0.107. The molecule has 6 nitrogen and oxygen atoms in total. The van der Waals surface area contributed by atoms with Gasteiger partial charge in [-0.05, 0) is 49.7 Å². The average Bonchev–Trinajstić information content (AvgIpc) is 2.88. The van der Waals surface area contributed by atoms with E-state index in [-0.39, 0.29) is 0 Å². The summed E-state index contributed by atoms with van der Waals surface area (Å²) < 4.78 is 0. The zero-order valence-electron chi connectivity index (χ0n) is 21.0. The highest BCUT2D eigenvalue weighted by Crippen LogP contribution is 2.34. The molecule has 0 unspecified atom stereocenters. The SMILES string of the molecule is CN1CCC(N=C(SC2CCC2)N(C)c2ccccc2)=C(C=O)C1.O=CCNCc1ccc(Cl)cc1. The van der Waals surface area contributed by atoms with Crippen LogP contribution in [-0.4, -0.2) is 61.6 Å². The maximum Gasteiger partial charge on any atom is 0.168 e. The molecule has 2 aromatic carbocycles. The third kappa shape index (κ3) is 8.89. The third-order valence-electron chi connectivity index (χ3n) is 6.14. The predicted molar refractivity (Wildman–Crippen MR) is 152 cm³/mol. The van der Waals surface area contributed by atoms with Crippen LogP contribution in [0.3, 0.4) is 0 Å². The van der Waals surface area contributed by atoms with Crippen molar-refractivity contribution in [3.8, 4) is 0 Å². The van der Waals surface area contributed by atoms with E-state index in [1.807, 2.05) is 61.3 Å². The molecule has 0 aromatic heterocycles. The van der Waals surface area contributed by atoms with Crippen molar-refractivity contribution in [2.45, 2.75) is 37.5 Å². The fraction of sp³-hybridized carbons (Fsp3) is 0.393. The van der Waals surface area contributed by atoms with Crippen LogP contribution in [0.25, 0.3) is 0 Å². The van der Waals surface area contributed by atoms with Crippen LogP contribution in [0.4, 0.5) is 5.69 Å². The van der Waals surface area contributed by atoms with Gasteiger partial charge in [-0.3, -0.25) is 4.79 Å². The first-order chi connectivity index (χ1) is 17.5. The molecule has 0 amide bonds. The monoisotopic (exact) mass is 526 g/mol. The number of carbonyl (C=O) groups excluding carboxylic acids is 2. The lowest BCUT2D eigenvalue weighted by atomic mass is 10.0. The fourth-order valence-corrected chi connectivity index (χ4v) is 5.14. The first kappa shape index (κ1) is 28.1. The molecule has 0 saturated heterocycles. The minimum Gasteiger partial charge on any atom is -0.324 e. The van der Waals surface area contributed by atoms with Crippen molar-refractivity contribution in [2.24, 2.45) is 4.99 Å². The van der Waals surface area contributed by atoms with Gasteiger partial charge in [-0.25, -0.2) is 4.99 Å². The Morgan fingerprint density at radius 3 is 2.50 bits per heavy atom. The van der Waals surface area contributed by atoms with E-state index in [0.29, 0.717) is 24.9 Å². The van der Waals surface area contributed by atoms with E-state index in [4.69, 9.17) is 16.6 Å². The summed E-state index contributed by atoms with van der Waals surface area (Å²) in [7, 11) is 4.11. The summed E-state index contributed by atoms with van der Waals surface area (Å²) in [5.41, 5.74) is 4.02. The van der Waals surface area contributed by atoms with Crippen LogP contribution in [0.1, 0.15) is 31.2 Å². The summed E-state index contributed by atoms with van der Waals surface area (Å²) in [6.45, 7) is 2.74. The van der Waals surface area contributed by atoms with Crippen LogP contribution in [0.15, 0.2) is 70.9 Å². The summed E-state index contributed by atoms with van der Waals surface area (Å²) in [5.74, 6) is 0. The molecule has 1 N–H and O–H groups in total. The van der Waals surface area contributed by atoms with E-state index in [2.05, 4.69) is 34.3 Å². The molecule has 192 valence electrons. The summed E-state index contributed by atoms with van der Waals surface area (Å²) in [6, 6.07) is 17.8. The van der Waals surface area contributed by atoms with E-state index in [1.54, 1.807) is 0 Å². The van der Waals surface area contributed by atoms with Gasteiger partial charge in [-0.1, -0.05) is 60.1 Å². The summed E-state index contributed by atoms with van der Waals surface area (Å²) in [5, 5.41) is 5.35. The molecule has 36 heavy (non-hydrogen) atoms. The fourth-order valence-electron chi connectivity index (χ4n) is 3.72. The molecule has 1 aliphatic heterocycles. The molecule has 4 rings (SSSR count). The number of hydrogen-bond donors (Lipinski definition) is 1. The number of amidine groups is 1. The van der Waals surface area contributed by atoms with Gasteiger partial charge >= 0.3 is 0 Å². The van der Waals surface area contributed by atoms with Gasteiger partial charge in [0, 0.05) is 54.6 Å². The molecule has 2 aliphatic rings. The summed E-state index contributed by atoms with van der Waals surface area (Å²) in [6.07, 6.45) is 6.48. The number of hydrogen-bond acceptors (Lipinski definition) is 6. The Morgan fingerprint density at radius 2 is 1.89 bits per heavy atom. The molecule has 0 bridgehead atoms. The molecular formula is C28H35ClN4O2S. The van der Waals surface area contributed by atoms with E-state index in [0.717, 1.165) is 58.2 Å². The third-order valence-corrected chi connectivity index (χ3v) is 7.77. The maximum atomic E-state index is 11.5. The zero-order valence-corrected chi connectivity index (χ0v) is 22.6. The van der Waals surface area contributed by atoms with Gasteiger partial charge in [-0.15, -0.1) is 0 Å². The average molecular weight is 527 g/mol. The summed E-state index contributed by atoms with van der Waals surface area (Å²) in [4.78, 5) is 30.7. The quantitative estimate of drug-likeness (QED) is 0.221. The van der Waals surface area contributed by atoms with Crippen LogP contribution in [-0.2, 0) is 16.1 Å². The minimum atomic E-state index is 0.391. The molecule has 2 aromatic rings. The summed E-state index contributed by atoms with van der Waals surface area (Å²) >= 11 is 7.55. The van der Waals surface area contributed by atoms with E-state index >= 15 is 0 Å². The van der Waals surface area contributed by atoms with Gasteiger partial charge in [0.1, 0.15) is 12.6 Å².